The highest BCUT2D eigenvalue weighted by molar-refractivity contribution is 5.79. The average molecular weight is 342 g/mol. The number of aromatic nitrogens is 2. The van der Waals surface area contributed by atoms with Crippen molar-refractivity contribution in [2.45, 2.75) is 39.2 Å². The van der Waals surface area contributed by atoms with Crippen LogP contribution in [0.25, 0.3) is 16.6 Å². The van der Waals surface area contributed by atoms with Gasteiger partial charge in [-0.2, -0.15) is 0 Å². The van der Waals surface area contributed by atoms with Gasteiger partial charge in [0.25, 0.3) is 5.56 Å². The van der Waals surface area contributed by atoms with Crippen LogP contribution in [0, 0.1) is 0 Å². The average Bonchev–Trinajstić information content (AvgIpc) is 3.02. The van der Waals surface area contributed by atoms with Crippen molar-refractivity contribution >= 4 is 22.5 Å². The zero-order valence-electron chi connectivity index (χ0n) is 14.2. The van der Waals surface area contributed by atoms with E-state index in [2.05, 4.69) is 11.9 Å². The van der Waals surface area contributed by atoms with E-state index in [-0.39, 0.29) is 12.0 Å². The van der Waals surface area contributed by atoms with Crippen molar-refractivity contribution in [2.75, 3.05) is 6.61 Å². The van der Waals surface area contributed by atoms with Gasteiger partial charge in [0.1, 0.15) is 5.52 Å². The molecule has 2 N–H and O–H groups in total. The molecule has 25 heavy (non-hydrogen) atoms. The lowest BCUT2D eigenvalue weighted by Gasteiger charge is -2.09. The minimum absolute atomic E-state index is 0.0315. The topological polar surface area (TPSA) is 83.8 Å². The second kappa shape index (κ2) is 7.53. The maximum absolute atomic E-state index is 12.3. The first-order valence-electron chi connectivity index (χ1n) is 8.55. The Morgan fingerprint density at radius 3 is 2.80 bits per heavy atom. The van der Waals surface area contributed by atoms with Crippen LogP contribution in [0.2, 0.25) is 0 Å². The number of hydrogen-bond donors (Lipinski definition) is 2. The highest BCUT2D eigenvalue weighted by Crippen LogP contribution is 2.19. The molecular formula is C19H22N2O4. The molecule has 0 atom stereocenters. The molecule has 0 unspecified atom stereocenters. The van der Waals surface area contributed by atoms with Crippen molar-refractivity contribution in [1.82, 2.24) is 9.38 Å². The van der Waals surface area contributed by atoms with Crippen molar-refractivity contribution < 1.29 is 14.6 Å². The van der Waals surface area contributed by atoms with E-state index in [9.17, 15) is 9.59 Å². The van der Waals surface area contributed by atoms with E-state index in [0.717, 1.165) is 41.7 Å². The molecule has 0 fully saturated rings. The number of aromatic amines is 1. The summed E-state index contributed by atoms with van der Waals surface area (Å²) < 4.78 is 7.48. The van der Waals surface area contributed by atoms with Crippen LogP contribution in [-0.2, 0) is 22.6 Å². The van der Waals surface area contributed by atoms with Gasteiger partial charge in [0, 0.05) is 12.3 Å². The van der Waals surface area contributed by atoms with Crippen LogP contribution in [0.15, 0.2) is 35.1 Å². The van der Waals surface area contributed by atoms with Crippen LogP contribution >= 0.6 is 0 Å². The Hall–Kier alpha value is -2.60. The monoisotopic (exact) mass is 342 g/mol. The zero-order chi connectivity index (χ0) is 17.8. The summed E-state index contributed by atoms with van der Waals surface area (Å²) in [5.74, 6) is -0.851. The predicted octanol–water partition coefficient (Wildman–Crippen LogP) is 3.11. The number of benzene rings is 1. The van der Waals surface area contributed by atoms with E-state index in [0.29, 0.717) is 18.5 Å². The number of H-pyrrole nitrogens is 1. The Balaban J connectivity index is 1.98. The number of unbranched alkanes of at least 4 members (excludes halogenated alkanes) is 1. The molecule has 0 aliphatic rings. The fourth-order valence-electron chi connectivity index (χ4n) is 2.96. The standard InChI is InChI=1S/C19H22N2O4/c1-2-3-10-25-12-13-4-7-16-15(11-13)20-19(24)17-8-5-14(21(16)17)6-9-18(22)23/h4-5,7-8,11H,2-3,6,9-10,12H2,1H3,(H,20,24)(H,22,23). The quantitative estimate of drug-likeness (QED) is 0.616. The van der Waals surface area contributed by atoms with Crippen molar-refractivity contribution in [3.05, 3.63) is 51.9 Å². The molecule has 1 aromatic carbocycles. The van der Waals surface area contributed by atoms with E-state index in [1.165, 1.54) is 0 Å². The van der Waals surface area contributed by atoms with Gasteiger partial charge in [0.05, 0.1) is 24.1 Å². The van der Waals surface area contributed by atoms with Crippen molar-refractivity contribution in [3.8, 4) is 0 Å². The fourth-order valence-corrected chi connectivity index (χ4v) is 2.96. The van der Waals surface area contributed by atoms with Crippen LogP contribution < -0.4 is 5.56 Å². The van der Waals surface area contributed by atoms with Gasteiger partial charge in [-0.05, 0) is 42.7 Å². The van der Waals surface area contributed by atoms with Crippen LogP contribution in [0.3, 0.4) is 0 Å². The van der Waals surface area contributed by atoms with Gasteiger partial charge in [-0.25, -0.2) is 0 Å². The van der Waals surface area contributed by atoms with Gasteiger partial charge in [-0.3, -0.25) is 9.59 Å². The van der Waals surface area contributed by atoms with Crippen molar-refractivity contribution in [3.63, 3.8) is 0 Å². The molecule has 0 aliphatic heterocycles. The number of nitrogens with one attached hydrogen (secondary N) is 1. The number of carbonyl (C=O) groups is 1. The Kier molecular flexibility index (Phi) is 5.19. The molecular weight excluding hydrogens is 320 g/mol. The molecule has 3 rings (SSSR count). The summed E-state index contributed by atoms with van der Waals surface area (Å²) in [6.07, 6.45) is 2.53. The molecule has 0 saturated heterocycles. The third-order valence-corrected chi connectivity index (χ3v) is 4.25. The van der Waals surface area contributed by atoms with Gasteiger partial charge in [-0.1, -0.05) is 19.4 Å². The first kappa shape index (κ1) is 17.2. The Bertz CT molecular complexity index is 955. The summed E-state index contributed by atoms with van der Waals surface area (Å²) in [5, 5.41) is 8.92. The number of aliphatic carboxylic acids is 1. The number of carboxylic acid groups (broad SMARTS) is 1. The van der Waals surface area contributed by atoms with Crippen LogP contribution in [0.4, 0.5) is 0 Å². The normalized spacial score (nSPS) is 11.4. The molecule has 0 amide bonds. The van der Waals surface area contributed by atoms with Crippen LogP contribution in [0.5, 0.6) is 0 Å². The number of nitrogens with zero attached hydrogens (tertiary/aromatic N) is 1. The molecule has 0 aliphatic carbocycles. The summed E-state index contributed by atoms with van der Waals surface area (Å²) in [7, 11) is 0. The molecule has 2 heterocycles. The van der Waals surface area contributed by atoms with Crippen LogP contribution in [0.1, 0.15) is 37.4 Å². The lowest BCUT2D eigenvalue weighted by Crippen LogP contribution is -2.12. The second-order valence-electron chi connectivity index (χ2n) is 6.15. The van der Waals surface area contributed by atoms with Gasteiger partial charge in [0.15, 0.2) is 0 Å². The number of fused-ring (bicyclic) bond motifs is 3. The first-order chi connectivity index (χ1) is 12.1. The van der Waals surface area contributed by atoms with Gasteiger partial charge in [-0.15, -0.1) is 0 Å². The highest BCUT2D eigenvalue weighted by Gasteiger charge is 2.11. The number of hydrogen-bond acceptors (Lipinski definition) is 3. The maximum atomic E-state index is 12.3. The van der Waals surface area contributed by atoms with E-state index in [1.807, 2.05) is 28.7 Å². The Morgan fingerprint density at radius 1 is 1.24 bits per heavy atom. The molecule has 2 aromatic heterocycles. The third kappa shape index (κ3) is 3.74. The molecule has 0 radical (unpaired) electrons. The summed E-state index contributed by atoms with van der Waals surface area (Å²) in [4.78, 5) is 26.1. The molecule has 0 saturated carbocycles. The summed E-state index contributed by atoms with van der Waals surface area (Å²) in [6, 6.07) is 9.39. The fraction of sp³-hybridized carbons (Fsp3) is 0.368. The number of rotatable bonds is 8. The number of ether oxygens (including phenoxy) is 1. The van der Waals surface area contributed by atoms with Crippen LogP contribution in [-0.4, -0.2) is 27.1 Å². The first-order valence-corrected chi connectivity index (χ1v) is 8.55. The van der Waals surface area contributed by atoms with Crippen molar-refractivity contribution in [1.29, 1.82) is 0 Å². The molecule has 3 aromatic rings. The van der Waals surface area contributed by atoms with E-state index >= 15 is 0 Å². The van der Waals surface area contributed by atoms with Gasteiger partial charge >= 0.3 is 5.97 Å². The summed E-state index contributed by atoms with van der Waals surface area (Å²) in [5.41, 5.74) is 3.75. The number of carboxylic acids is 1. The summed E-state index contributed by atoms with van der Waals surface area (Å²) >= 11 is 0. The SMILES string of the molecule is CCCCOCc1ccc2c(c1)[nH]c(=O)c1ccc(CCC(=O)O)n12. The molecule has 0 spiro atoms. The van der Waals surface area contributed by atoms with E-state index in [4.69, 9.17) is 9.84 Å². The largest absolute Gasteiger partial charge is 0.481 e. The zero-order valence-corrected chi connectivity index (χ0v) is 14.2. The Morgan fingerprint density at radius 2 is 2.04 bits per heavy atom. The molecule has 0 bridgehead atoms. The minimum Gasteiger partial charge on any atom is -0.481 e. The summed E-state index contributed by atoms with van der Waals surface area (Å²) in [6.45, 7) is 3.35. The third-order valence-electron chi connectivity index (χ3n) is 4.25. The second-order valence-corrected chi connectivity index (χ2v) is 6.15. The van der Waals surface area contributed by atoms with Gasteiger partial charge in [0.2, 0.25) is 0 Å². The Labute approximate surface area is 145 Å². The molecule has 6 nitrogen and oxygen atoms in total. The van der Waals surface area contributed by atoms with Crippen molar-refractivity contribution in [2.24, 2.45) is 0 Å². The predicted molar refractivity (Wildman–Crippen MR) is 96.0 cm³/mol. The lowest BCUT2D eigenvalue weighted by atomic mass is 10.2. The highest BCUT2D eigenvalue weighted by atomic mass is 16.5. The smallest absolute Gasteiger partial charge is 0.303 e. The molecule has 132 valence electrons. The van der Waals surface area contributed by atoms with E-state index < -0.39 is 5.97 Å². The number of aryl methyl sites for hydroxylation is 1. The van der Waals surface area contributed by atoms with E-state index in [1.54, 1.807) is 6.07 Å². The lowest BCUT2D eigenvalue weighted by molar-refractivity contribution is -0.136. The van der Waals surface area contributed by atoms with Gasteiger partial charge < -0.3 is 19.2 Å². The maximum Gasteiger partial charge on any atom is 0.303 e. The minimum atomic E-state index is -0.851. The molecule has 6 heteroatoms.